The Kier molecular flexibility index (Phi) is 6.32. The first kappa shape index (κ1) is 21.3. The van der Waals surface area contributed by atoms with Crippen LogP contribution in [0.25, 0.3) is 0 Å². The van der Waals surface area contributed by atoms with E-state index in [2.05, 4.69) is 10.6 Å². The zero-order valence-electron chi connectivity index (χ0n) is 16.9. The van der Waals surface area contributed by atoms with Crippen LogP contribution in [0.4, 0.5) is 11.4 Å². The number of esters is 1. The molecule has 0 unspecified atom stereocenters. The molecule has 2 amide bonds. The molecular weight excluding hydrogens is 400 g/mol. The molecule has 0 aliphatic carbocycles. The van der Waals surface area contributed by atoms with Crippen molar-refractivity contribution < 1.29 is 19.1 Å². The van der Waals surface area contributed by atoms with E-state index in [1.54, 1.807) is 54.6 Å². The Morgan fingerprint density at radius 3 is 2.23 bits per heavy atom. The van der Waals surface area contributed by atoms with Gasteiger partial charge in [-0.25, -0.2) is 4.79 Å². The van der Waals surface area contributed by atoms with E-state index in [1.807, 2.05) is 32.2 Å². The summed E-state index contributed by atoms with van der Waals surface area (Å²) in [6.45, 7) is 5.44. The quantitative estimate of drug-likeness (QED) is 0.437. The molecule has 2 aromatic carbocycles. The summed E-state index contributed by atoms with van der Waals surface area (Å²) in [7, 11) is 0. The number of amides is 2. The number of nitrogens with one attached hydrogen (secondary N) is 2. The Balaban J connectivity index is 1.62. The monoisotopic (exact) mass is 422 g/mol. The van der Waals surface area contributed by atoms with Gasteiger partial charge in [0.2, 0.25) is 5.91 Å². The number of ether oxygens (including phenoxy) is 1. The van der Waals surface area contributed by atoms with Gasteiger partial charge in [0.15, 0.2) is 0 Å². The van der Waals surface area contributed by atoms with E-state index in [0.29, 0.717) is 27.6 Å². The van der Waals surface area contributed by atoms with Gasteiger partial charge in [-0.1, -0.05) is 32.9 Å². The van der Waals surface area contributed by atoms with E-state index < -0.39 is 11.4 Å². The lowest BCUT2D eigenvalue weighted by molar-refractivity contribution is -0.123. The third kappa shape index (κ3) is 5.55. The molecule has 0 aliphatic rings. The fraction of sp³-hybridized carbons (Fsp3) is 0.174. The lowest BCUT2D eigenvalue weighted by Crippen LogP contribution is -2.27. The van der Waals surface area contributed by atoms with E-state index in [9.17, 15) is 14.4 Å². The normalized spacial score (nSPS) is 10.9. The second kappa shape index (κ2) is 8.92. The first-order chi connectivity index (χ1) is 14.2. The summed E-state index contributed by atoms with van der Waals surface area (Å²) >= 11 is 1.36. The van der Waals surface area contributed by atoms with Gasteiger partial charge in [-0.05, 0) is 53.9 Å². The Labute approximate surface area is 178 Å². The molecule has 2 N–H and O–H groups in total. The number of rotatable bonds is 5. The number of benzene rings is 2. The molecule has 154 valence electrons. The van der Waals surface area contributed by atoms with E-state index >= 15 is 0 Å². The third-order valence-corrected chi connectivity index (χ3v) is 4.97. The van der Waals surface area contributed by atoms with Crippen molar-refractivity contribution in [2.75, 3.05) is 10.6 Å². The van der Waals surface area contributed by atoms with Gasteiger partial charge in [-0.15, -0.1) is 11.3 Å². The fourth-order valence-corrected chi connectivity index (χ4v) is 3.03. The SMILES string of the molecule is CC(C)(C)C(=O)Nc1cccc(C(=O)Oc2ccc(NC(=O)c3cccs3)cc2)c1. The molecule has 0 aliphatic heterocycles. The van der Waals surface area contributed by atoms with E-state index in [1.165, 1.54) is 11.3 Å². The lowest BCUT2D eigenvalue weighted by atomic mass is 9.95. The summed E-state index contributed by atoms with van der Waals surface area (Å²) in [5, 5.41) is 7.41. The van der Waals surface area contributed by atoms with Crippen molar-refractivity contribution in [3.63, 3.8) is 0 Å². The molecular formula is C23H22N2O4S. The number of hydrogen-bond acceptors (Lipinski definition) is 5. The Hall–Kier alpha value is -3.45. The molecule has 0 saturated heterocycles. The summed E-state index contributed by atoms with van der Waals surface area (Å²) < 4.78 is 5.40. The van der Waals surface area contributed by atoms with Crippen molar-refractivity contribution >= 4 is 40.5 Å². The first-order valence-electron chi connectivity index (χ1n) is 9.31. The largest absolute Gasteiger partial charge is 0.423 e. The molecule has 1 heterocycles. The highest BCUT2D eigenvalue weighted by atomic mass is 32.1. The van der Waals surface area contributed by atoms with Gasteiger partial charge in [-0.2, -0.15) is 0 Å². The highest BCUT2D eigenvalue weighted by Crippen LogP contribution is 2.21. The van der Waals surface area contributed by atoms with Crippen molar-refractivity contribution in [3.05, 3.63) is 76.5 Å². The van der Waals surface area contributed by atoms with Gasteiger partial charge in [-0.3, -0.25) is 9.59 Å². The highest BCUT2D eigenvalue weighted by Gasteiger charge is 2.21. The number of carbonyl (C=O) groups excluding carboxylic acids is 3. The maximum absolute atomic E-state index is 12.5. The molecule has 1 aromatic heterocycles. The second-order valence-electron chi connectivity index (χ2n) is 7.63. The van der Waals surface area contributed by atoms with Crippen LogP contribution in [0.2, 0.25) is 0 Å². The smallest absolute Gasteiger partial charge is 0.343 e. The van der Waals surface area contributed by atoms with Crippen molar-refractivity contribution in [2.24, 2.45) is 5.41 Å². The highest BCUT2D eigenvalue weighted by molar-refractivity contribution is 7.12. The maximum Gasteiger partial charge on any atom is 0.343 e. The molecule has 30 heavy (non-hydrogen) atoms. The minimum absolute atomic E-state index is 0.145. The Morgan fingerprint density at radius 2 is 1.60 bits per heavy atom. The zero-order chi connectivity index (χ0) is 21.7. The molecule has 0 atom stereocenters. The summed E-state index contributed by atoms with van der Waals surface area (Å²) in [6, 6.07) is 16.7. The molecule has 0 radical (unpaired) electrons. The molecule has 3 aromatic rings. The second-order valence-corrected chi connectivity index (χ2v) is 8.58. The number of carbonyl (C=O) groups is 3. The minimum atomic E-state index is -0.544. The van der Waals surface area contributed by atoms with Crippen LogP contribution in [0.3, 0.4) is 0 Å². The number of thiophene rings is 1. The number of anilines is 2. The van der Waals surface area contributed by atoms with Gasteiger partial charge < -0.3 is 15.4 Å². The molecule has 0 spiro atoms. The molecule has 3 rings (SSSR count). The van der Waals surface area contributed by atoms with Gasteiger partial charge in [0, 0.05) is 16.8 Å². The Morgan fingerprint density at radius 1 is 0.867 bits per heavy atom. The van der Waals surface area contributed by atoms with Crippen molar-refractivity contribution in [3.8, 4) is 5.75 Å². The van der Waals surface area contributed by atoms with Crippen molar-refractivity contribution in [2.45, 2.75) is 20.8 Å². The van der Waals surface area contributed by atoms with Crippen LogP contribution in [0.1, 0.15) is 40.8 Å². The van der Waals surface area contributed by atoms with E-state index in [-0.39, 0.29) is 11.8 Å². The summed E-state index contributed by atoms with van der Waals surface area (Å²) in [4.78, 5) is 37.3. The minimum Gasteiger partial charge on any atom is -0.423 e. The van der Waals surface area contributed by atoms with Gasteiger partial charge in [0.05, 0.1) is 10.4 Å². The fourth-order valence-electron chi connectivity index (χ4n) is 2.42. The van der Waals surface area contributed by atoms with Crippen LogP contribution in [0.15, 0.2) is 66.0 Å². The molecule has 6 nitrogen and oxygen atoms in total. The van der Waals surface area contributed by atoms with Gasteiger partial charge in [0.25, 0.3) is 5.91 Å². The molecule has 0 saturated carbocycles. The Bertz CT molecular complexity index is 1050. The van der Waals surface area contributed by atoms with Gasteiger partial charge in [0.1, 0.15) is 5.75 Å². The first-order valence-corrected chi connectivity index (χ1v) is 10.2. The topological polar surface area (TPSA) is 84.5 Å². The van der Waals surface area contributed by atoms with Gasteiger partial charge >= 0.3 is 5.97 Å². The van der Waals surface area contributed by atoms with Crippen LogP contribution in [0.5, 0.6) is 5.75 Å². The number of hydrogen-bond donors (Lipinski definition) is 2. The predicted octanol–water partition coefficient (Wildman–Crippen LogP) is 5.20. The predicted molar refractivity (Wildman–Crippen MR) is 118 cm³/mol. The summed E-state index contributed by atoms with van der Waals surface area (Å²) in [5.41, 5.74) is 0.893. The van der Waals surface area contributed by atoms with E-state index in [4.69, 9.17) is 4.74 Å². The zero-order valence-corrected chi connectivity index (χ0v) is 17.7. The van der Waals surface area contributed by atoms with Crippen LogP contribution in [-0.4, -0.2) is 17.8 Å². The van der Waals surface area contributed by atoms with Crippen LogP contribution in [0, 0.1) is 5.41 Å². The average Bonchev–Trinajstić information content (AvgIpc) is 3.24. The lowest BCUT2D eigenvalue weighted by Gasteiger charge is -2.17. The molecule has 0 bridgehead atoms. The van der Waals surface area contributed by atoms with Crippen LogP contribution < -0.4 is 15.4 Å². The van der Waals surface area contributed by atoms with E-state index in [0.717, 1.165) is 0 Å². The third-order valence-electron chi connectivity index (χ3n) is 4.11. The summed E-state index contributed by atoms with van der Waals surface area (Å²) in [6.07, 6.45) is 0. The molecule has 0 fully saturated rings. The van der Waals surface area contributed by atoms with Crippen molar-refractivity contribution in [1.29, 1.82) is 0 Å². The molecule has 7 heteroatoms. The van der Waals surface area contributed by atoms with Crippen LogP contribution >= 0.6 is 11.3 Å². The van der Waals surface area contributed by atoms with Crippen molar-refractivity contribution in [1.82, 2.24) is 0 Å². The standard InChI is InChI=1S/C23H22N2O4S/c1-23(2,3)22(28)25-17-7-4-6-15(14-17)21(27)29-18-11-9-16(10-12-18)24-20(26)19-8-5-13-30-19/h4-14H,1-3H3,(H,24,26)(H,25,28). The maximum atomic E-state index is 12.5. The average molecular weight is 423 g/mol. The summed E-state index contributed by atoms with van der Waals surface area (Å²) in [5.74, 6) is -0.535. The van der Waals surface area contributed by atoms with Crippen LogP contribution in [-0.2, 0) is 4.79 Å².